The van der Waals surface area contributed by atoms with E-state index in [9.17, 15) is 4.79 Å². The minimum absolute atomic E-state index is 0.275. The van der Waals surface area contributed by atoms with Gasteiger partial charge in [-0.3, -0.25) is 5.32 Å². The fraction of sp³-hybridized carbons (Fsp3) is 0.0625. The number of benzene rings is 2. The fourth-order valence-corrected chi connectivity index (χ4v) is 2.85. The molecule has 1 N–H and O–H groups in total. The highest BCUT2D eigenvalue weighted by atomic mass is 32.1. The van der Waals surface area contributed by atoms with Crippen LogP contribution in [-0.4, -0.2) is 6.09 Å². The van der Waals surface area contributed by atoms with Crippen LogP contribution in [0, 0.1) is 0 Å². The van der Waals surface area contributed by atoms with E-state index < -0.39 is 6.09 Å². The molecule has 20 heavy (non-hydrogen) atoms. The van der Waals surface area contributed by atoms with Crippen molar-refractivity contribution in [3.8, 4) is 0 Å². The second-order valence-electron chi connectivity index (χ2n) is 4.34. The van der Waals surface area contributed by atoms with E-state index in [1.54, 1.807) is 0 Å². The first kappa shape index (κ1) is 12.7. The summed E-state index contributed by atoms with van der Waals surface area (Å²) in [6, 6.07) is 19.6. The summed E-state index contributed by atoms with van der Waals surface area (Å²) in [6.45, 7) is 0.275. The lowest BCUT2D eigenvalue weighted by atomic mass is 10.2. The predicted molar refractivity (Wildman–Crippen MR) is 82.1 cm³/mol. The topological polar surface area (TPSA) is 38.3 Å². The molecule has 0 saturated carbocycles. The molecular formula is C16H13NO2S. The molecule has 0 radical (unpaired) electrons. The summed E-state index contributed by atoms with van der Waals surface area (Å²) in [4.78, 5) is 11.7. The van der Waals surface area contributed by atoms with E-state index in [4.69, 9.17) is 4.74 Å². The van der Waals surface area contributed by atoms with E-state index in [0.717, 1.165) is 20.7 Å². The number of amides is 1. The van der Waals surface area contributed by atoms with Gasteiger partial charge >= 0.3 is 6.09 Å². The van der Waals surface area contributed by atoms with Crippen LogP contribution in [0.15, 0.2) is 60.7 Å². The average Bonchev–Trinajstić information content (AvgIpc) is 2.88. The molecule has 0 aliphatic heterocycles. The third-order valence-corrected chi connectivity index (χ3v) is 3.90. The molecule has 4 heteroatoms. The number of anilines is 1. The Kier molecular flexibility index (Phi) is 3.65. The normalized spacial score (nSPS) is 10.4. The highest BCUT2D eigenvalue weighted by molar-refractivity contribution is 7.22. The maximum absolute atomic E-state index is 11.7. The van der Waals surface area contributed by atoms with Crippen LogP contribution in [0.5, 0.6) is 0 Å². The molecule has 0 fully saturated rings. The molecule has 0 atom stereocenters. The molecule has 100 valence electrons. The van der Waals surface area contributed by atoms with Crippen LogP contribution < -0.4 is 5.32 Å². The highest BCUT2D eigenvalue weighted by Crippen LogP contribution is 2.29. The van der Waals surface area contributed by atoms with Crippen molar-refractivity contribution >= 4 is 32.5 Å². The van der Waals surface area contributed by atoms with Crippen molar-refractivity contribution in [2.24, 2.45) is 0 Å². The first-order valence-corrected chi connectivity index (χ1v) is 7.09. The molecule has 3 nitrogen and oxygen atoms in total. The van der Waals surface area contributed by atoms with Crippen LogP contribution in [0.25, 0.3) is 10.1 Å². The van der Waals surface area contributed by atoms with Crippen molar-refractivity contribution in [2.75, 3.05) is 5.32 Å². The van der Waals surface area contributed by atoms with Gasteiger partial charge in [0.25, 0.3) is 0 Å². The average molecular weight is 283 g/mol. The zero-order valence-electron chi connectivity index (χ0n) is 10.7. The van der Waals surface area contributed by atoms with E-state index in [2.05, 4.69) is 5.32 Å². The first-order valence-electron chi connectivity index (χ1n) is 6.27. The van der Waals surface area contributed by atoms with Crippen molar-refractivity contribution in [1.29, 1.82) is 0 Å². The lowest BCUT2D eigenvalue weighted by Gasteiger charge is -2.05. The van der Waals surface area contributed by atoms with Crippen LogP contribution >= 0.6 is 11.3 Å². The van der Waals surface area contributed by atoms with Gasteiger partial charge in [0.15, 0.2) is 0 Å². The molecule has 2 aromatic carbocycles. The molecule has 1 aromatic heterocycles. The number of nitrogens with one attached hydrogen (secondary N) is 1. The Balaban J connectivity index is 1.61. The molecule has 0 aliphatic carbocycles. The van der Waals surface area contributed by atoms with Gasteiger partial charge in [0.1, 0.15) is 6.61 Å². The van der Waals surface area contributed by atoms with Gasteiger partial charge < -0.3 is 4.74 Å². The van der Waals surface area contributed by atoms with E-state index in [0.29, 0.717) is 0 Å². The molecule has 3 aromatic rings. The smallest absolute Gasteiger partial charge is 0.412 e. The molecule has 0 unspecified atom stereocenters. The van der Waals surface area contributed by atoms with Gasteiger partial charge in [-0.2, -0.15) is 0 Å². The Morgan fingerprint density at radius 1 is 1.05 bits per heavy atom. The van der Waals surface area contributed by atoms with E-state index >= 15 is 0 Å². The van der Waals surface area contributed by atoms with Gasteiger partial charge in [0.05, 0.1) is 5.00 Å². The van der Waals surface area contributed by atoms with Gasteiger partial charge in [-0.1, -0.05) is 48.5 Å². The maximum atomic E-state index is 11.7. The largest absolute Gasteiger partial charge is 0.444 e. The van der Waals surface area contributed by atoms with Crippen molar-refractivity contribution < 1.29 is 9.53 Å². The van der Waals surface area contributed by atoms with Crippen molar-refractivity contribution in [3.63, 3.8) is 0 Å². The Hall–Kier alpha value is -2.33. The molecule has 0 aliphatic rings. The maximum Gasteiger partial charge on any atom is 0.412 e. The first-order chi connectivity index (χ1) is 9.81. The summed E-state index contributed by atoms with van der Waals surface area (Å²) in [5.74, 6) is 0. The van der Waals surface area contributed by atoms with Crippen LogP contribution in [0.2, 0.25) is 0 Å². The SMILES string of the molecule is O=C(Nc1cc2ccccc2s1)OCc1ccccc1. The zero-order chi connectivity index (χ0) is 13.8. The third-order valence-electron chi connectivity index (χ3n) is 2.86. The van der Waals surface area contributed by atoms with Gasteiger partial charge in [-0.15, -0.1) is 11.3 Å². The van der Waals surface area contributed by atoms with Crippen molar-refractivity contribution in [2.45, 2.75) is 6.61 Å². The Labute approximate surface area is 120 Å². The fourth-order valence-electron chi connectivity index (χ4n) is 1.90. The number of rotatable bonds is 3. The standard InChI is InChI=1S/C16H13NO2S/c18-16(19-11-12-6-2-1-3-7-12)17-15-10-13-8-4-5-9-14(13)20-15/h1-10H,11H2,(H,17,18). The van der Waals surface area contributed by atoms with Crippen LogP contribution in [0.1, 0.15) is 5.56 Å². The van der Waals surface area contributed by atoms with E-state index in [-0.39, 0.29) is 6.61 Å². The summed E-state index contributed by atoms with van der Waals surface area (Å²) in [6.07, 6.45) is -0.430. The van der Waals surface area contributed by atoms with E-state index in [1.807, 2.05) is 60.7 Å². The second-order valence-corrected chi connectivity index (χ2v) is 5.42. The second kappa shape index (κ2) is 5.75. The summed E-state index contributed by atoms with van der Waals surface area (Å²) in [5.41, 5.74) is 0.971. The number of hydrogen-bond donors (Lipinski definition) is 1. The van der Waals surface area contributed by atoms with Gasteiger partial charge in [0.2, 0.25) is 0 Å². The van der Waals surface area contributed by atoms with Crippen molar-refractivity contribution in [3.05, 3.63) is 66.2 Å². The molecule has 0 spiro atoms. The molecule has 0 bridgehead atoms. The number of carbonyl (C=O) groups excluding carboxylic acids is 1. The Bertz CT molecular complexity index is 688. The van der Waals surface area contributed by atoms with Crippen LogP contribution in [0.3, 0.4) is 0 Å². The summed E-state index contributed by atoms with van der Waals surface area (Å²) in [7, 11) is 0. The lowest BCUT2D eigenvalue weighted by Crippen LogP contribution is -2.12. The zero-order valence-corrected chi connectivity index (χ0v) is 11.5. The highest BCUT2D eigenvalue weighted by Gasteiger charge is 2.06. The molecule has 3 rings (SSSR count). The van der Waals surface area contributed by atoms with Gasteiger partial charge in [-0.05, 0) is 23.1 Å². The van der Waals surface area contributed by atoms with Crippen LogP contribution in [0.4, 0.5) is 9.80 Å². The Morgan fingerprint density at radius 2 is 1.80 bits per heavy atom. The summed E-state index contributed by atoms with van der Waals surface area (Å²) >= 11 is 1.54. The van der Waals surface area contributed by atoms with Crippen LogP contribution in [-0.2, 0) is 11.3 Å². The Morgan fingerprint density at radius 3 is 2.60 bits per heavy atom. The minimum Gasteiger partial charge on any atom is -0.444 e. The molecule has 0 saturated heterocycles. The van der Waals surface area contributed by atoms with Gasteiger partial charge in [-0.25, -0.2) is 4.79 Å². The summed E-state index contributed by atoms with van der Waals surface area (Å²) < 4.78 is 6.33. The molecular weight excluding hydrogens is 270 g/mol. The molecule has 1 amide bonds. The third kappa shape index (κ3) is 2.97. The molecule has 1 heterocycles. The number of thiophene rings is 1. The number of fused-ring (bicyclic) bond motifs is 1. The lowest BCUT2D eigenvalue weighted by molar-refractivity contribution is 0.155. The van der Waals surface area contributed by atoms with Gasteiger partial charge in [0, 0.05) is 4.70 Å². The predicted octanol–water partition coefficient (Wildman–Crippen LogP) is 4.65. The number of carbonyl (C=O) groups is 1. The summed E-state index contributed by atoms with van der Waals surface area (Å²) in [5, 5.41) is 4.68. The minimum atomic E-state index is -0.430. The van der Waals surface area contributed by atoms with E-state index in [1.165, 1.54) is 11.3 Å². The number of ether oxygens (including phenoxy) is 1. The number of hydrogen-bond acceptors (Lipinski definition) is 3. The quantitative estimate of drug-likeness (QED) is 0.759. The van der Waals surface area contributed by atoms with Crippen molar-refractivity contribution in [1.82, 2.24) is 0 Å². The monoisotopic (exact) mass is 283 g/mol.